The first-order chi connectivity index (χ1) is 8.54. The van der Waals surface area contributed by atoms with Crippen molar-refractivity contribution in [2.45, 2.75) is 11.8 Å². The molecule has 1 aromatic heterocycles. The van der Waals surface area contributed by atoms with E-state index < -0.39 is 15.4 Å². The van der Waals surface area contributed by atoms with E-state index in [9.17, 15) is 13.2 Å². The van der Waals surface area contributed by atoms with E-state index in [4.69, 9.17) is 0 Å². The number of H-pyrrole nitrogens is 1. The van der Waals surface area contributed by atoms with Crippen molar-refractivity contribution in [2.24, 2.45) is 0 Å². The third-order valence-electron chi connectivity index (χ3n) is 2.67. The molecule has 18 heavy (non-hydrogen) atoms. The van der Waals surface area contributed by atoms with Crippen LogP contribution >= 0.6 is 0 Å². The van der Waals surface area contributed by atoms with Gasteiger partial charge in [0.1, 0.15) is 4.90 Å². The molecule has 0 fully saturated rings. The number of benzene rings is 1. The first kappa shape index (κ1) is 12.6. The lowest BCUT2D eigenvalue weighted by Gasteiger charge is -2.04. The lowest BCUT2D eigenvalue weighted by atomic mass is 10.1. The van der Waals surface area contributed by atoms with Crippen LogP contribution in [0.25, 0.3) is 11.3 Å². The largest absolute Gasteiger partial charge is 0.321 e. The van der Waals surface area contributed by atoms with Gasteiger partial charge in [-0.15, -0.1) is 0 Å². The summed E-state index contributed by atoms with van der Waals surface area (Å²) in [6.45, 7) is 1.51. The molecule has 0 saturated heterocycles. The number of aromatic amines is 1. The Balaban J connectivity index is 2.54. The number of hydrogen-bond acceptors (Lipinski definition) is 3. The SMILES string of the molecule is CCS(=O)(=O)c1ccc(-c2ccccc2)[nH]c1=O. The van der Waals surface area contributed by atoms with Gasteiger partial charge < -0.3 is 4.98 Å². The molecular formula is C13H13NO3S. The Bertz CT molecular complexity index is 703. The van der Waals surface area contributed by atoms with Gasteiger partial charge in [0.15, 0.2) is 9.84 Å². The van der Waals surface area contributed by atoms with Gasteiger partial charge in [0.05, 0.1) is 5.75 Å². The average Bonchev–Trinajstić information content (AvgIpc) is 2.39. The van der Waals surface area contributed by atoms with Crippen molar-refractivity contribution in [3.05, 3.63) is 52.8 Å². The van der Waals surface area contributed by atoms with E-state index in [0.717, 1.165) is 5.56 Å². The Labute approximate surface area is 105 Å². The maximum atomic E-state index is 11.8. The summed E-state index contributed by atoms with van der Waals surface area (Å²) < 4.78 is 23.3. The fourth-order valence-corrected chi connectivity index (χ4v) is 2.57. The molecule has 5 heteroatoms. The van der Waals surface area contributed by atoms with Gasteiger partial charge in [-0.3, -0.25) is 4.79 Å². The minimum absolute atomic E-state index is 0.0826. The van der Waals surface area contributed by atoms with E-state index in [1.165, 1.54) is 13.0 Å². The Kier molecular flexibility index (Phi) is 3.34. The van der Waals surface area contributed by atoms with Crippen LogP contribution in [0.1, 0.15) is 6.92 Å². The van der Waals surface area contributed by atoms with E-state index in [-0.39, 0.29) is 10.6 Å². The van der Waals surface area contributed by atoms with E-state index in [1.54, 1.807) is 6.07 Å². The Hall–Kier alpha value is -1.88. The smallest absolute Gasteiger partial charge is 0.267 e. The van der Waals surface area contributed by atoms with E-state index >= 15 is 0 Å². The summed E-state index contributed by atoms with van der Waals surface area (Å²) >= 11 is 0. The average molecular weight is 263 g/mol. The third kappa shape index (κ3) is 2.36. The second-order valence-corrected chi connectivity index (χ2v) is 6.08. The van der Waals surface area contributed by atoms with Crippen LogP contribution in [-0.4, -0.2) is 19.2 Å². The summed E-state index contributed by atoms with van der Waals surface area (Å²) in [5.74, 6) is -0.0826. The number of sulfone groups is 1. The molecule has 2 rings (SSSR count). The summed E-state index contributed by atoms with van der Waals surface area (Å²) in [7, 11) is -3.47. The highest BCUT2D eigenvalue weighted by molar-refractivity contribution is 7.91. The van der Waals surface area contributed by atoms with Gasteiger partial charge in [0.25, 0.3) is 5.56 Å². The van der Waals surface area contributed by atoms with Crippen LogP contribution in [0.5, 0.6) is 0 Å². The first-order valence-corrected chi connectivity index (χ1v) is 7.21. The van der Waals surface area contributed by atoms with Crippen molar-refractivity contribution in [3.8, 4) is 11.3 Å². The summed E-state index contributed by atoms with van der Waals surface area (Å²) in [5, 5.41) is 0. The maximum Gasteiger partial charge on any atom is 0.267 e. The molecule has 0 atom stereocenters. The lowest BCUT2D eigenvalue weighted by Crippen LogP contribution is -2.18. The molecule has 1 heterocycles. The number of nitrogens with one attached hydrogen (secondary N) is 1. The zero-order valence-corrected chi connectivity index (χ0v) is 10.7. The van der Waals surface area contributed by atoms with Crippen LogP contribution in [0.2, 0.25) is 0 Å². The Morgan fingerprint density at radius 1 is 1.06 bits per heavy atom. The van der Waals surface area contributed by atoms with Gasteiger partial charge in [-0.2, -0.15) is 0 Å². The highest BCUT2D eigenvalue weighted by Crippen LogP contribution is 2.16. The molecule has 0 radical (unpaired) electrons. The van der Waals surface area contributed by atoms with Crippen molar-refractivity contribution >= 4 is 9.84 Å². The minimum atomic E-state index is -3.47. The number of rotatable bonds is 3. The van der Waals surface area contributed by atoms with E-state index in [1.807, 2.05) is 30.3 Å². The van der Waals surface area contributed by atoms with E-state index in [2.05, 4.69) is 4.98 Å². The Morgan fingerprint density at radius 3 is 2.28 bits per heavy atom. The number of hydrogen-bond donors (Lipinski definition) is 1. The van der Waals surface area contributed by atoms with Gasteiger partial charge in [-0.05, 0) is 17.7 Å². The minimum Gasteiger partial charge on any atom is -0.321 e. The molecule has 94 valence electrons. The quantitative estimate of drug-likeness (QED) is 0.918. The summed E-state index contributed by atoms with van der Waals surface area (Å²) in [5.41, 5.74) is 0.879. The molecule has 0 aliphatic carbocycles. The highest BCUT2D eigenvalue weighted by Gasteiger charge is 2.16. The predicted octanol–water partition coefficient (Wildman–Crippen LogP) is 1.84. The van der Waals surface area contributed by atoms with Gasteiger partial charge in [-0.1, -0.05) is 37.3 Å². The molecule has 0 aliphatic heterocycles. The van der Waals surface area contributed by atoms with Gasteiger partial charge in [-0.25, -0.2) is 8.42 Å². The second kappa shape index (κ2) is 4.78. The first-order valence-electron chi connectivity index (χ1n) is 5.56. The molecule has 0 unspecified atom stereocenters. The molecule has 1 N–H and O–H groups in total. The molecule has 1 aromatic carbocycles. The summed E-state index contributed by atoms with van der Waals surface area (Å²) in [4.78, 5) is 14.2. The molecule has 2 aromatic rings. The molecule has 0 spiro atoms. The van der Waals surface area contributed by atoms with Crippen molar-refractivity contribution < 1.29 is 8.42 Å². The Morgan fingerprint density at radius 2 is 1.72 bits per heavy atom. The lowest BCUT2D eigenvalue weighted by molar-refractivity contribution is 0.596. The fourth-order valence-electron chi connectivity index (χ4n) is 1.65. The molecule has 0 aliphatic rings. The fraction of sp³-hybridized carbons (Fsp3) is 0.154. The summed E-state index contributed by atoms with van der Waals surface area (Å²) in [6.07, 6.45) is 0. The van der Waals surface area contributed by atoms with Crippen molar-refractivity contribution in [1.82, 2.24) is 4.98 Å². The monoisotopic (exact) mass is 263 g/mol. The molecule has 4 nitrogen and oxygen atoms in total. The van der Waals surface area contributed by atoms with Gasteiger partial charge in [0, 0.05) is 5.69 Å². The topological polar surface area (TPSA) is 67.0 Å². The zero-order chi connectivity index (χ0) is 13.2. The standard InChI is InChI=1S/C13H13NO3S/c1-2-18(16,17)12-9-8-11(14-13(12)15)10-6-4-3-5-7-10/h3-9H,2H2,1H3,(H,14,15). The molecular weight excluding hydrogens is 250 g/mol. The van der Waals surface area contributed by atoms with Crippen molar-refractivity contribution in [3.63, 3.8) is 0 Å². The van der Waals surface area contributed by atoms with Crippen LogP contribution in [0, 0.1) is 0 Å². The number of aromatic nitrogens is 1. The van der Waals surface area contributed by atoms with Crippen LogP contribution in [0.15, 0.2) is 52.2 Å². The maximum absolute atomic E-state index is 11.8. The third-order valence-corrected chi connectivity index (χ3v) is 4.42. The van der Waals surface area contributed by atoms with Crippen molar-refractivity contribution in [2.75, 3.05) is 5.75 Å². The van der Waals surface area contributed by atoms with Crippen molar-refractivity contribution in [1.29, 1.82) is 0 Å². The van der Waals surface area contributed by atoms with Crippen LogP contribution < -0.4 is 5.56 Å². The van der Waals surface area contributed by atoms with Crippen LogP contribution in [0.3, 0.4) is 0 Å². The second-order valence-electron chi connectivity index (χ2n) is 3.83. The molecule has 0 saturated carbocycles. The highest BCUT2D eigenvalue weighted by atomic mass is 32.2. The summed E-state index contributed by atoms with van der Waals surface area (Å²) in [6, 6.07) is 12.2. The van der Waals surface area contributed by atoms with Gasteiger partial charge in [0.2, 0.25) is 0 Å². The van der Waals surface area contributed by atoms with Crippen LogP contribution in [0.4, 0.5) is 0 Å². The van der Waals surface area contributed by atoms with Gasteiger partial charge >= 0.3 is 0 Å². The molecule has 0 amide bonds. The van der Waals surface area contributed by atoms with Crippen LogP contribution in [-0.2, 0) is 9.84 Å². The predicted molar refractivity (Wildman–Crippen MR) is 70.2 cm³/mol. The number of pyridine rings is 1. The van der Waals surface area contributed by atoms with E-state index in [0.29, 0.717) is 5.69 Å². The zero-order valence-electron chi connectivity index (χ0n) is 9.88. The normalized spacial score (nSPS) is 11.4. The molecule has 0 bridgehead atoms.